The minimum atomic E-state index is -0.194. The zero-order chi connectivity index (χ0) is 17.3. The van der Waals surface area contributed by atoms with E-state index < -0.39 is 0 Å². The molecule has 0 spiro atoms. The second-order valence-corrected chi connectivity index (χ2v) is 6.54. The number of thioether (sulfide) groups is 1. The highest BCUT2D eigenvalue weighted by Gasteiger charge is 2.26. The van der Waals surface area contributed by atoms with Crippen molar-refractivity contribution in [3.05, 3.63) is 58.5 Å². The number of amidine groups is 1. The quantitative estimate of drug-likeness (QED) is 0.576. The summed E-state index contributed by atoms with van der Waals surface area (Å²) in [5.41, 5.74) is 9.58. The fourth-order valence-electron chi connectivity index (χ4n) is 2.32. The zero-order valence-electron chi connectivity index (χ0n) is 13.3. The van der Waals surface area contributed by atoms with Gasteiger partial charge in [-0.1, -0.05) is 18.2 Å². The smallest absolute Gasteiger partial charge is 0.264 e. The molecule has 122 valence electrons. The lowest BCUT2D eigenvalue weighted by molar-refractivity contribution is -0.115. The fraction of sp³-hybridized carbons (Fsp3) is 0.111. The minimum absolute atomic E-state index is 0.0793. The van der Waals surface area contributed by atoms with Crippen molar-refractivity contribution in [1.82, 2.24) is 5.32 Å². The third-order valence-corrected chi connectivity index (χ3v) is 4.75. The average molecular weight is 339 g/mol. The van der Waals surface area contributed by atoms with E-state index in [4.69, 9.17) is 5.73 Å². The van der Waals surface area contributed by atoms with E-state index in [0.717, 1.165) is 16.7 Å². The maximum atomic E-state index is 12.3. The molecule has 2 aromatic carbocycles. The number of aryl methyl sites for hydroxylation is 1. The first kappa shape index (κ1) is 16.1. The molecule has 0 aromatic heterocycles. The predicted octanol–water partition coefficient (Wildman–Crippen LogP) is 3.56. The van der Waals surface area contributed by atoms with E-state index in [1.807, 2.05) is 26.0 Å². The number of amides is 1. The largest absolute Gasteiger partial charge is 0.506 e. The van der Waals surface area contributed by atoms with Crippen LogP contribution in [-0.4, -0.2) is 16.2 Å². The Morgan fingerprint density at radius 2 is 1.92 bits per heavy atom. The van der Waals surface area contributed by atoms with Crippen LogP contribution >= 0.6 is 11.8 Å². The number of phenolic OH excluding ortho intramolecular Hbond substituents is 1. The topological polar surface area (TPSA) is 87.7 Å². The van der Waals surface area contributed by atoms with E-state index in [1.165, 1.54) is 11.8 Å². The van der Waals surface area contributed by atoms with Crippen molar-refractivity contribution in [2.24, 2.45) is 4.99 Å². The molecule has 1 saturated heterocycles. The van der Waals surface area contributed by atoms with Crippen LogP contribution in [0.5, 0.6) is 5.75 Å². The summed E-state index contributed by atoms with van der Waals surface area (Å²) in [6, 6.07) is 12.5. The molecule has 1 fully saturated rings. The summed E-state index contributed by atoms with van der Waals surface area (Å²) in [5, 5.41) is 13.1. The molecule has 1 aliphatic heterocycles. The highest BCUT2D eigenvalue weighted by Crippen LogP contribution is 2.35. The van der Waals surface area contributed by atoms with Gasteiger partial charge in [-0.05, 0) is 66.6 Å². The number of hydrogen-bond donors (Lipinski definition) is 3. The number of aliphatic imine (C=N–C) groups is 1. The van der Waals surface area contributed by atoms with E-state index in [-0.39, 0.29) is 11.7 Å². The number of carbonyl (C=O) groups is 1. The Labute approximate surface area is 144 Å². The first-order chi connectivity index (χ1) is 11.4. The number of phenols is 1. The van der Waals surface area contributed by atoms with Crippen LogP contribution in [0.25, 0.3) is 5.57 Å². The lowest BCUT2D eigenvalue weighted by Crippen LogP contribution is -2.19. The van der Waals surface area contributed by atoms with E-state index in [2.05, 4.69) is 10.3 Å². The van der Waals surface area contributed by atoms with Crippen LogP contribution in [0.4, 0.5) is 11.4 Å². The second-order valence-electron chi connectivity index (χ2n) is 5.54. The standard InChI is InChI=1S/C18H17N3O2S/c1-10-3-8-15(22)14(9-10)20-18-21-17(23)16(24-18)11(2)12-4-6-13(19)7-5-12/h3-9,22H,19H2,1-2H3,(H,20,21,23)/b16-11-. The molecule has 0 atom stereocenters. The summed E-state index contributed by atoms with van der Waals surface area (Å²) in [5.74, 6) is -0.115. The van der Waals surface area contributed by atoms with Crippen molar-refractivity contribution in [3.8, 4) is 5.75 Å². The van der Waals surface area contributed by atoms with Gasteiger partial charge in [0.05, 0.1) is 4.91 Å². The van der Waals surface area contributed by atoms with Crippen LogP contribution in [0.1, 0.15) is 18.1 Å². The number of nitrogens with two attached hydrogens (primary N) is 1. The SMILES string of the molecule is C/C(=C1/SC(=Nc2cc(C)ccc2O)NC1=O)c1ccc(N)cc1. The molecule has 6 heteroatoms. The first-order valence-corrected chi connectivity index (χ1v) is 8.20. The molecule has 0 aliphatic carbocycles. The van der Waals surface area contributed by atoms with Gasteiger partial charge in [0, 0.05) is 5.69 Å². The van der Waals surface area contributed by atoms with Crippen LogP contribution in [0.3, 0.4) is 0 Å². The van der Waals surface area contributed by atoms with Crippen LogP contribution in [-0.2, 0) is 4.79 Å². The number of nitrogens with zero attached hydrogens (tertiary/aromatic N) is 1. The van der Waals surface area contributed by atoms with Crippen molar-refractivity contribution in [2.45, 2.75) is 13.8 Å². The summed E-state index contributed by atoms with van der Waals surface area (Å²) in [6.07, 6.45) is 0. The Morgan fingerprint density at radius 3 is 2.62 bits per heavy atom. The Morgan fingerprint density at radius 1 is 1.21 bits per heavy atom. The highest BCUT2D eigenvalue weighted by molar-refractivity contribution is 8.18. The maximum absolute atomic E-state index is 12.3. The van der Waals surface area contributed by atoms with Crippen LogP contribution in [0.15, 0.2) is 52.4 Å². The van der Waals surface area contributed by atoms with Gasteiger partial charge in [-0.15, -0.1) is 0 Å². The monoisotopic (exact) mass is 339 g/mol. The number of aromatic hydroxyl groups is 1. The zero-order valence-corrected chi connectivity index (χ0v) is 14.1. The van der Waals surface area contributed by atoms with Crippen LogP contribution < -0.4 is 11.1 Å². The Bertz CT molecular complexity index is 870. The van der Waals surface area contributed by atoms with Gasteiger partial charge in [0.2, 0.25) is 0 Å². The Kier molecular flexibility index (Phi) is 4.31. The second kappa shape index (κ2) is 6.41. The molecule has 0 saturated carbocycles. The molecular weight excluding hydrogens is 322 g/mol. The van der Waals surface area contributed by atoms with Crippen molar-refractivity contribution in [1.29, 1.82) is 0 Å². The lowest BCUT2D eigenvalue weighted by atomic mass is 10.1. The summed E-state index contributed by atoms with van der Waals surface area (Å²) in [6.45, 7) is 3.81. The first-order valence-electron chi connectivity index (χ1n) is 7.38. The van der Waals surface area contributed by atoms with Gasteiger partial charge in [0.1, 0.15) is 11.4 Å². The third kappa shape index (κ3) is 3.28. The minimum Gasteiger partial charge on any atom is -0.506 e. The molecule has 0 bridgehead atoms. The summed E-state index contributed by atoms with van der Waals surface area (Å²) in [4.78, 5) is 17.2. The Balaban J connectivity index is 1.93. The van der Waals surface area contributed by atoms with Gasteiger partial charge < -0.3 is 16.2 Å². The van der Waals surface area contributed by atoms with Gasteiger partial charge >= 0.3 is 0 Å². The van der Waals surface area contributed by atoms with Crippen LogP contribution in [0.2, 0.25) is 0 Å². The van der Waals surface area contributed by atoms with E-state index >= 15 is 0 Å². The molecule has 1 aliphatic rings. The molecule has 4 N–H and O–H groups in total. The predicted molar refractivity (Wildman–Crippen MR) is 99.1 cm³/mol. The average Bonchev–Trinajstić information content (AvgIpc) is 2.91. The molecule has 1 amide bonds. The van der Waals surface area contributed by atoms with Gasteiger partial charge in [-0.2, -0.15) is 0 Å². The summed E-state index contributed by atoms with van der Waals surface area (Å²) < 4.78 is 0. The van der Waals surface area contributed by atoms with E-state index in [1.54, 1.807) is 30.3 Å². The number of nitrogens with one attached hydrogen (secondary N) is 1. The van der Waals surface area contributed by atoms with Crippen molar-refractivity contribution in [3.63, 3.8) is 0 Å². The fourth-order valence-corrected chi connectivity index (χ4v) is 3.21. The number of nitrogen functional groups attached to an aromatic ring is 1. The normalized spacial score (nSPS) is 17.9. The number of hydrogen-bond acceptors (Lipinski definition) is 5. The molecule has 0 unspecified atom stereocenters. The number of carbonyl (C=O) groups excluding carboxylic acids is 1. The maximum Gasteiger partial charge on any atom is 0.264 e. The lowest BCUT2D eigenvalue weighted by Gasteiger charge is -2.04. The number of anilines is 1. The molecule has 24 heavy (non-hydrogen) atoms. The molecule has 1 heterocycles. The van der Waals surface area contributed by atoms with Crippen molar-refractivity contribution >= 4 is 39.8 Å². The molecule has 3 rings (SSSR count). The van der Waals surface area contributed by atoms with Gasteiger partial charge in [0.25, 0.3) is 5.91 Å². The van der Waals surface area contributed by atoms with Crippen molar-refractivity contribution in [2.75, 3.05) is 5.73 Å². The number of allylic oxidation sites excluding steroid dienone is 1. The number of benzene rings is 2. The summed E-state index contributed by atoms with van der Waals surface area (Å²) >= 11 is 1.26. The molecule has 5 nitrogen and oxygen atoms in total. The van der Waals surface area contributed by atoms with Gasteiger partial charge in [-0.3, -0.25) is 4.79 Å². The summed E-state index contributed by atoms with van der Waals surface area (Å²) in [7, 11) is 0. The Hall–Kier alpha value is -2.73. The number of rotatable bonds is 2. The third-order valence-electron chi connectivity index (χ3n) is 3.66. The van der Waals surface area contributed by atoms with Crippen LogP contribution in [0, 0.1) is 6.92 Å². The van der Waals surface area contributed by atoms with Crippen molar-refractivity contribution < 1.29 is 9.90 Å². The molecular formula is C18H17N3O2S. The van der Waals surface area contributed by atoms with Gasteiger partial charge in [0.15, 0.2) is 5.17 Å². The molecule has 2 aromatic rings. The molecule has 0 radical (unpaired) electrons. The van der Waals surface area contributed by atoms with E-state index in [0.29, 0.717) is 21.4 Å². The van der Waals surface area contributed by atoms with Gasteiger partial charge in [-0.25, -0.2) is 4.99 Å². The highest BCUT2D eigenvalue weighted by atomic mass is 32.2. The van der Waals surface area contributed by atoms with E-state index in [9.17, 15) is 9.90 Å².